The first-order chi connectivity index (χ1) is 11.1. The fourth-order valence-electron chi connectivity index (χ4n) is 3.32. The third kappa shape index (κ3) is 3.41. The van der Waals surface area contributed by atoms with Crippen molar-refractivity contribution in [3.63, 3.8) is 0 Å². The average Bonchev–Trinajstić information content (AvgIpc) is 3.02. The molecule has 1 amide bonds. The molecule has 1 saturated carbocycles. The number of carboxylic acids is 1. The van der Waals surface area contributed by atoms with Crippen molar-refractivity contribution in [1.82, 2.24) is 5.32 Å². The Morgan fingerprint density at radius 3 is 2.83 bits per heavy atom. The molecule has 6 heteroatoms. The Hall–Kier alpha value is -2.24. The Balaban J connectivity index is 1.60. The highest BCUT2D eigenvalue weighted by Crippen LogP contribution is 2.31. The van der Waals surface area contributed by atoms with Crippen LogP contribution < -0.4 is 14.8 Å². The summed E-state index contributed by atoms with van der Waals surface area (Å²) in [7, 11) is 1.61. The number of rotatable bonds is 4. The lowest BCUT2D eigenvalue weighted by atomic mass is 9.95. The summed E-state index contributed by atoms with van der Waals surface area (Å²) in [5.41, 5.74) is 0.964. The monoisotopic (exact) mass is 319 g/mol. The van der Waals surface area contributed by atoms with E-state index in [1.807, 2.05) is 18.2 Å². The quantitative estimate of drug-likeness (QED) is 0.881. The molecule has 2 N–H and O–H groups in total. The van der Waals surface area contributed by atoms with Crippen LogP contribution in [0.2, 0.25) is 0 Å². The van der Waals surface area contributed by atoms with Crippen LogP contribution in [0.25, 0.3) is 0 Å². The molecular formula is C17H21NO5. The minimum absolute atomic E-state index is 0.0460. The Labute approximate surface area is 134 Å². The highest BCUT2D eigenvalue weighted by molar-refractivity contribution is 5.80. The zero-order valence-corrected chi connectivity index (χ0v) is 13.1. The van der Waals surface area contributed by atoms with Gasteiger partial charge in [-0.1, -0.05) is 0 Å². The predicted octanol–water partition coefficient (Wildman–Crippen LogP) is 1.62. The summed E-state index contributed by atoms with van der Waals surface area (Å²) in [6.45, 7) is 0.347. The maximum Gasteiger partial charge on any atom is 0.306 e. The van der Waals surface area contributed by atoms with Gasteiger partial charge in [0.15, 0.2) is 0 Å². The highest BCUT2D eigenvalue weighted by atomic mass is 16.5. The molecule has 1 aromatic rings. The largest absolute Gasteiger partial charge is 0.497 e. The second-order valence-corrected chi connectivity index (χ2v) is 6.24. The first kappa shape index (κ1) is 15.6. The van der Waals surface area contributed by atoms with E-state index in [0.29, 0.717) is 25.9 Å². The van der Waals surface area contributed by atoms with Gasteiger partial charge in [0.1, 0.15) is 18.1 Å². The van der Waals surface area contributed by atoms with Crippen LogP contribution in [0.3, 0.4) is 0 Å². The highest BCUT2D eigenvalue weighted by Gasteiger charge is 2.33. The molecule has 0 saturated heterocycles. The zero-order chi connectivity index (χ0) is 16.4. The number of nitrogens with one attached hydrogen (secondary N) is 1. The van der Waals surface area contributed by atoms with Crippen LogP contribution in [0.4, 0.5) is 0 Å². The third-order valence-electron chi connectivity index (χ3n) is 4.67. The molecule has 1 unspecified atom stereocenters. The van der Waals surface area contributed by atoms with Crippen LogP contribution in [0.5, 0.6) is 11.5 Å². The summed E-state index contributed by atoms with van der Waals surface area (Å²) < 4.78 is 10.9. The fourth-order valence-corrected chi connectivity index (χ4v) is 3.32. The second-order valence-electron chi connectivity index (χ2n) is 6.24. The van der Waals surface area contributed by atoms with E-state index in [-0.39, 0.29) is 23.8 Å². The molecule has 0 aromatic heterocycles. The van der Waals surface area contributed by atoms with Gasteiger partial charge in [0.2, 0.25) is 5.91 Å². The summed E-state index contributed by atoms with van der Waals surface area (Å²) in [5, 5.41) is 12.0. The number of amides is 1. The van der Waals surface area contributed by atoms with Gasteiger partial charge in [0.05, 0.1) is 18.9 Å². The molecule has 1 fully saturated rings. The molecular weight excluding hydrogens is 298 g/mol. The summed E-state index contributed by atoms with van der Waals surface area (Å²) in [4.78, 5) is 23.4. The lowest BCUT2D eigenvalue weighted by Crippen LogP contribution is -2.41. The maximum absolute atomic E-state index is 12.4. The van der Waals surface area contributed by atoms with Crippen LogP contribution in [0.15, 0.2) is 18.2 Å². The van der Waals surface area contributed by atoms with Crippen molar-refractivity contribution in [3.8, 4) is 11.5 Å². The smallest absolute Gasteiger partial charge is 0.306 e. The molecule has 0 spiro atoms. The number of carbonyl (C=O) groups is 2. The number of benzene rings is 1. The molecule has 1 aliphatic carbocycles. The van der Waals surface area contributed by atoms with Crippen LogP contribution in [0.1, 0.15) is 24.8 Å². The first-order valence-corrected chi connectivity index (χ1v) is 7.89. The van der Waals surface area contributed by atoms with Gasteiger partial charge in [-0.2, -0.15) is 0 Å². The summed E-state index contributed by atoms with van der Waals surface area (Å²) >= 11 is 0. The lowest BCUT2D eigenvalue weighted by Gasteiger charge is -2.26. The van der Waals surface area contributed by atoms with E-state index < -0.39 is 5.97 Å². The lowest BCUT2D eigenvalue weighted by molar-refractivity contribution is -0.141. The van der Waals surface area contributed by atoms with Crippen LogP contribution >= 0.6 is 0 Å². The van der Waals surface area contributed by atoms with Crippen molar-refractivity contribution >= 4 is 11.9 Å². The predicted molar refractivity (Wildman–Crippen MR) is 82.6 cm³/mol. The van der Waals surface area contributed by atoms with Crippen LogP contribution in [-0.4, -0.2) is 36.7 Å². The van der Waals surface area contributed by atoms with Gasteiger partial charge in [-0.05, 0) is 49.4 Å². The number of hydrogen-bond donors (Lipinski definition) is 2. The van der Waals surface area contributed by atoms with Gasteiger partial charge < -0.3 is 19.9 Å². The maximum atomic E-state index is 12.4. The van der Waals surface area contributed by atoms with Crippen molar-refractivity contribution in [2.24, 2.45) is 11.8 Å². The van der Waals surface area contributed by atoms with Crippen molar-refractivity contribution in [1.29, 1.82) is 0 Å². The van der Waals surface area contributed by atoms with Crippen LogP contribution in [0, 0.1) is 11.8 Å². The van der Waals surface area contributed by atoms with Crippen molar-refractivity contribution in [2.45, 2.75) is 31.7 Å². The number of ether oxygens (including phenoxy) is 2. The van der Waals surface area contributed by atoms with Gasteiger partial charge in [-0.3, -0.25) is 9.59 Å². The molecule has 1 heterocycles. The topological polar surface area (TPSA) is 84.9 Å². The number of carboxylic acid groups (broad SMARTS) is 1. The van der Waals surface area contributed by atoms with Gasteiger partial charge in [0, 0.05) is 6.04 Å². The van der Waals surface area contributed by atoms with E-state index in [1.165, 1.54) is 0 Å². The van der Waals surface area contributed by atoms with Crippen molar-refractivity contribution in [3.05, 3.63) is 23.8 Å². The SMILES string of the molecule is COc1ccc2c(c1)CC(C(=O)N[C@@H]1CC[C@H](C(=O)O)C1)CO2. The van der Waals surface area contributed by atoms with Gasteiger partial charge in [-0.25, -0.2) is 0 Å². The number of methoxy groups -OCH3 is 1. The van der Waals surface area contributed by atoms with E-state index >= 15 is 0 Å². The molecule has 124 valence electrons. The Morgan fingerprint density at radius 2 is 2.13 bits per heavy atom. The third-order valence-corrected chi connectivity index (χ3v) is 4.67. The standard InChI is InChI=1S/C17H21NO5/c1-22-14-4-5-15-11(8-14)6-12(9-23-15)16(19)18-13-3-2-10(7-13)17(20)21/h4-5,8,10,12-13H,2-3,6-7,9H2,1H3,(H,18,19)(H,20,21)/t10-,12?,13+/m0/s1. The molecule has 1 aromatic carbocycles. The Morgan fingerprint density at radius 1 is 1.30 bits per heavy atom. The molecule has 1 aliphatic heterocycles. The normalized spacial score (nSPS) is 26.0. The molecule has 6 nitrogen and oxygen atoms in total. The van der Waals surface area contributed by atoms with E-state index in [4.69, 9.17) is 14.6 Å². The van der Waals surface area contributed by atoms with Gasteiger partial charge in [-0.15, -0.1) is 0 Å². The Bertz CT molecular complexity index is 615. The summed E-state index contributed by atoms with van der Waals surface area (Å²) in [6.07, 6.45) is 2.47. The molecule has 2 aliphatic rings. The number of hydrogen-bond acceptors (Lipinski definition) is 4. The fraction of sp³-hybridized carbons (Fsp3) is 0.529. The van der Waals surface area contributed by atoms with Crippen LogP contribution in [-0.2, 0) is 16.0 Å². The van der Waals surface area contributed by atoms with E-state index in [0.717, 1.165) is 23.5 Å². The average molecular weight is 319 g/mol. The number of carbonyl (C=O) groups excluding carboxylic acids is 1. The zero-order valence-electron chi connectivity index (χ0n) is 13.1. The molecule has 0 bridgehead atoms. The number of aliphatic carboxylic acids is 1. The van der Waals surface area contributed by atoms with Gasteiger partial charge in [0.25, 0.3) is 0 Å². The number of fused-ring (bicyclic) bond motifs is 1. The first-order valence-electron chi connectivity index (χ1n) is 7.89. The van der Waals surface area contributed by atoms with E-state index in [9.17, 15) is 9.59 Å². The van der Waals surface area contributed by atoms with E-state index in [2.05, 4.69) is 5.32 Å². The molecule has 3 atom stereocenters. The Kier molecular flexibility index (Phi) is 4.41. The molecule has 23 heavy (non-hydrogen) atoms. The molecule has 3 rings (SSSR count). The summed E-state index contributed by atoms with van der Waals surface area (Å²) in [5.74, 6) is 0.111. The van der Waals surface area contributed by atoms with Crippen molar-refractivity contribution < 1.29 is 24.2 Å². The van der Waals surface area contributed by atoms with Crippen molar-refractivity contribution in [2.75, 3.05) is 13.7 Å². The second kappa shape index (κ2) is 6.48. The minimum Gasteiger partial charge on any atom is -0.497 e. The van der Waals surface area contributed by atoms with E-state index in [1.54, 1.807) is 7.11 Å². The van der Waals surface area contributed by atoms with Gasteiger partial charge >= 0.3 is 5.97 Å². The molecule has 0 radical (unpaired) electrons. The summed E-state index contributed by atoms with van der Waals surface area (Å²) in [6, 6.07) is 5.54. The minimum atomic E-state index is -0.774.